The highest BCUT2D eigenvalue weighted by Crippen LogP contribution is 2.46. The van der Waals surface area contributed by atoms with Gasteiger partial charge in [0.15, 0.2) is 0 Å². The minimum absolute atomic E-state index is 0.274. The van der Waals surface area contributed by atoms with Crippen molar-refractivity contribution in [3.8, 4) is 0 Å². The normalized spacial score (nSPS) is 20.3. The lowest BCUT2D eigenvalue weighted by atomic mass is 9.73. The van der Waals surface area contributed by atoms with E-state index in [0.29, 0.717) is 13.1 Å². The van der Waals surface area contributed by atoms with Crippen molar-refractivity contribution in [1.29, 1.82) is 0 Å². The van der Waals surface area contributed by atoms with E-state index >= 15 is 0 Å². The predicted molar refractivity (Wildman–Crippen MR) is 144 cm³/mol. The number of hydrogen-bond donors (Lipinski definition) is 2. The number of fused-ring (bicyclic) bond motifs is 5. The van der Waals surface area contributed by atoms with Gasteiger partial charge in [-0.05, 0) is 48.6 Å². The van der Waals surface area contributed by atoms with E-state index in [2.05, 4.69) is 33.9 Å². The van der Waals surface area contributed by atoms with Gasteiger partial charge in [0.25, 0.3) is 0 Å². The van der Waals surface area contributed by atoms with Crippen LogP contribution in [-0.4, -0.2) is 88.3 Å². The third kappa shape index (κ3) is 4.34. The largest absolute Gasteiger partial charge is 0.465 e. The van der Waals surface area contributed by atoms with Gasteiger partial charge in [0.05, 0.1) is 10.2 Å². The Morgan fingerprint density at radius 1 is 1.11 bits per heavy atom. The van der Waals surface area contributed by atoms with Crippen LogP contribution in [-0.2, 0) is 12.8 Å². The van der Waals surface area contributed by atoms with Gasteiger partial charge in [0.1, 0.15) is 22.8 Å². The number of carboxylic acid groups (broad SMARTS) is 1. The maximum absolute atomic E-state index is 11.2. The molecule has 2 fully saturated rings. The minimum atomic E-state index is -0.826. The lowest BCUT2D eigenvalue weighted by Gasteiger charge is -2.34. The first-order valence-electron chi connectivity index (χ1n) is 13.2. The number of amides is 1. The van der Waals surface area contributed by atoms with E-state index in [1.54, 1.807) is 17.7 Å². The van der Waals surface area contributed by atoms with Gasteiger partial charge in [-0.2, -0.15) is 0 Å². The van der Waals surface area contributed by atoms with E-state index in [0.717, 1.165) is 73.0 Å². The van der Waals surface area contributed by atoms with Gasteiger partial charge in [-0.1, -0.05) is 13.8 Å². The average molecular weight is 510 g/mol. The molecular formula is C26H35N7O2S. The summed E-state index contributed by atoms with van der Waals surface area (Å²) in [5.41, 5.74) is 4.19. The number of nitrogens with one attached hydrogen (secondary N) is 1. The van der Waals surface area contributed by atoms with E-state index in [4.69, 9.17) is 15.1 Å². The van der Waals surface area contributed by atoms with E-state index in [-0.39, 0.29) is 5.41 Å². The molecule has 0 saturated carbocycles. The summed E-state index contributed by atoms with van der Waals surface area (Å²) in [5, 5.41) is 13.9. The number of piperazine rings is 1. The van der Waals surface area contributed by atoms with Gasteiger partial charge in [-0.25, -0.2) is 19.7 Å². The van der Waals surface area contributed by atoms with Crippen molar-refractivity contribution < 1.29 is 9.90 Å². The molecule has 3 aliphatic rings. The van der Waals surface area contributed by atoms with Gasteiger partial charge >= 0.3 is 6.09 Å². The molecular weight excluding hydrogens is 474 g/mol. The Kier molecular flexibility index (Phi) is 6.11. The van der Waals surface area contributed by atoms with Crippen LogP contribution in [0.2, 0.25) is 0 Å². The highest BCUT2D eigenvalue weighted by atomic mass is 32.1. The van der Waals surface area contributed by atoms with E-state index in [1.165, 1.54) is 46.5 Å². The van der Waals surface area contributed by atoms with Gasteiger partial charge in [-0.15, -0.1) is 11.3 Å². The maximum Gasteiger partial charge on any atom is 0.407 e. The van der Waals surface area contributed by atoms with Gasteiger partial charge < -0.3 is 20.2 Å². The molecule has 1 aliphatic carbocycles. The van der Waals surface area contributed by atoms with E-state index < -0.39 is 6.09 Å². The molecule has 192 valence electrons. The zero-order valence-corrected chi connectivity index (χ0v) is 22.0. The van der Waals surface area contributed by atoms with Crippen molar-refractivity contribution in [3.63, 3.8) is 0 Å². The summed E-state index contributed by atoms with van der Waals surface area (Å²) in [6.45, 7) is 11.2. The molecule has 36 heavy (non-hydrogen) atoms. The third-order valence-corrected chi connectivity index (χ3v) is 9.15. The molecule has 6 rings (SSSR count). The standard InChI is InChI=1S/C26H35N7O2S/c1-26(2)6-5-17-18(15-26)19-20-21(36-24(19)30-23(17)32-8-3-4-9-32)22(29-16-28-20)27-7-10-31-11-13-33(14-12-31)25(34)35/h16H,3-15H2,1-2H3,(H,34,35)(H,27,28,29). The first-order chi connectivity index (χ1) is 17.4. The molecule has 2 N–H and O–H groups in total. The molecule has 5 heterocycles. The minimum Gasteiger partial charge on any atom is -0.465 e. The lowest BCUT2D eigenvalue weighted by molar-refractivity contribution is 0.107. The van der Waals surface area contributed by atoms with Crippen LogP contribution in [0.1, 0.15) is 44.2 Å². The Labute approximate surface area is 215 Å². The fraction of sp³-hybridized carbons (Fsp3) is 0.615. The Morgan fingerprint density at radius 3 is 2.64 bits per heavy atom. The number of rotatable bonds is 5. The fourth-order valence-electron chi connectivity index (χ4n) is 6.00. The van der Waals surface area contributed by atoms with Gasteiger partial charge in [-0.3, -0.25) is 4.90 Å². The highest BCUT2D eigenvalue weighted by molar-refractivity contribution is 7.26. The highest BCUT2D eigenvalue weighted by Gasteiger charge is 2.33. The molecule has 1 amide bonds. The summed E-state index contributed by atoms with van der Waals surface area (Å²) >= 11 is 1.71. The molecule has 0 radical (unpaired) electrons. The summed E-state index contributed by atoms with van der Waals surface area (Å²) in [7, 11) is 0. The summed E-state index contributed by atoms with van der Waals surface area (Å²) in [6.07, 6.45) is 6.68. The Morgan fingerprint density at radius 2 is 1.89 bits per heavy atom. The average Bonchev–Trinajstić information content (AvgIpc) is 3.52. The smallest absolute Gasteiger partial charge is 0.407 e. The molecule has 0 atom stereocenters. The van der Waals surface area contributed by atoms with Gasteiger partial charge in [0, 0.05) is 57.7 Å². The van der Waals surface area contributed by atoms with Crippen molar-refractivity contribution in [2.75, 3.05) is 62.6 Å². The monoisotopic (exact) mass is 509 g/mol. The van der Waals surface area contributed by atoms with Crippen LogP contribution in [0.5, 0.6) is 0 Å². The van der Waals surface area contributed by atoms with Crippen LogP contribution in [0.15, 0.2) is 6.33 Å². The molecule has 10 heteroatoms. The van der Waals surface area contributed by atoms with Crippen LogP contribution in [0.4, 0.5) is 16.4 Å². The SMILES string of the molecule is CC1(C)CCc2c(N3CCCC3)nc3sc4c(NCCN5CCN(C(=O)O)CC5)ncnc4c3c2C1. The van der Waals surface area contributed by atoms with E-state index in [1.807, 2.05) is 0 Å². The number of aromatic nitrogens is 3. The zero-order chi connectivity index (χ0) is 24.9. The van der Waals surface area contributed by atoms with Crippen molar-refractivity contribution in [3.05, 3.63) is 17.5 Å². The molecule has 3 aromatic heterocycles. The van der Waals surface area contributed by atoms with Crippen LogP contribution in [0, 0.1) is 5.41 Å². The third-order valence-electron chi connectivity index (χ3n) is 8.07. The van der Waals surface area contributed by atoms with Crippen LogP contribution < -0.4 is 10.2 Å². The zero-order valence-electron chi connectivity index (χ0n) is 21.2. The van der Waals surface area contributed by atoms with E-state index in [9.17, 15) is 4.79 Å². The quantitative estimate of drug-likeness (QED) is 0.531. The van der Waals surface area contributed by atoms with Crippen molar-refractivity contribution in [2.45, 2.75) is 46.0 Å². The fourth-order valence-corrected chi connectivity index (χ4v) is 7.12. The lowest BCUT2D eigenvalue weighted by Crippen LogP contribution is -2.49. The molecule has 0 aromatic carbocycles. The number of anilines is 2. The molecule has 9 nitrogen and oxygen atoms in total. The number of hydrogen-bond acceptors (Lipinski definition) is 8. The first-order valence-corrected chi connectivity index (χ1v) is 14.0. The second-order valence-electron chi connectivity index (χ2n) is 11.1. The van der Waals surface area contributed by atoms with Crippen LogP contribution >= 0.6 is 11.3 Å². The molecule has 2 saturated heterocycles. The van der Waals surface area contributed by atoms with Crippen molar-refractivity contribution in [1.82, 2.24) is 24.8 Å². The topological polar surface area (TPSA) is 97.7 Å². The molecule has 0 unspecified atom stereocenters. The molecule has 3 aromatic rings. The van der Waals surface area contributed by atoms with Crippen molar-refractivity contribution in [2.24, 2.45) is 5.41 Å². The maximum atomic E-state index is 11.2. The Balaban J connectivity index is 1.30. The summed E-state index contributed by atoms with van der Waals surface area (Å²) in [5.74, 6) is 2.08. The summed E-state index contributed by atoms with van der Waals surface area (Å²) in [4.78, 5) is 33.2. The molecule has 2 aliphatic heterocycles. The summed E-state index contributed by atoms with van der Waals surface area (Å²) < 4.78 is 1.08. The Hall–Kier alpha value is -2.72. The van der Waals surface area contributed by atoms with Crippen LogP contribution in [0.3, 0.4) is 0 Å². The summed E-state index contributed by atoms with van der Waals surface area (Å²) in [6, 6.07) is 0. The number of thiophene rings is 1. The second-order valence-corrected chi connectivity index (χ2v) is 12.1. The molecule has 0 spiro atoms. The van der Waals surface area contributed by atoms with Crippen molar-refractivity contribution >= 4 is 49.5 Å². The number of carbonyl (C=O) groups is 1. The predicted octanol–water partition coefficient (Wildman–Crippen LogP) is 4.06. The second kappa shape index (κ2) is 9.30. The van der Waals surface area contributed by atoms with Crippen LogP contribution in [0.25, 0.3) is 20.4 Å². The Bertz CT molecular complexity index is 1290. The molecule has 0 bridgehead atoms. The number of nitrogens with zero attached hydrogens (tertiary/aromatic N) is 6. The van der Waals surface area contributed by atoms with Gasteiger partial charge in [0.2, 0.25) is 0 Å². The number of pyridine rings is 1. The first kappa shape index (κ1) is 23.7.